The summed E-state index contributed by atoms with van der Waals surface area (Å²) in [6, 6.07) is 12.4. The van der Waals surface area contributed by atoms with Crippen molar-refractivity contribution in [3.05, 3.63) is 52.2 Å². The van der Waals surface area contributed by atoms with Crippen LogP contribution in [0.4, 0.5) is 5.69 Å². The molecule has 9 heteroatoms. The molecular weight excluding hydrogens is 465 g/mol. The van der Waals surface area contributed by atoms with Gasteiger partial charge in [0.1, 0.15) is 4.32 Å². The Labute approximate surface area is 201 Å². The molecule has 4 rings (SSSR count). The molecule has 1 aromatic heterocycles. The summed E-state index contributed by atoms with van der Waals surface area (Å²) in [6.45, 7) is 1.94. The molecule has 0 N–H and O–H groups in total. The number of carbonyl (C=O) groups excluding carboxylic acids is 1. The molecule has 1 fully saturated rings. The van der Waals surface area contributed by atoms with Crippen molar-refractivity contribution in [1.82, 2.24) is 9.91 Å². The average Bonchev–Trinajstić information content (AvgIpc) is 3.48. The van der Waals surface area contributed by atoms with Crippen molar-refractivity contribution in [3.8, 4) is 0 Å². The predicted octanol–water partition coefficient (Wildman–Crippen LogP) is 4.56. The van der Waals surface area contributed by atoms with Gasteiger partial charge in [0, 0.05) is 50.8 Å². The van der Waals surface area contributed by atoms with Crippen LogP contribution >= 0.6 is 47.1 Å². The number of hydrazone groups is 1. The number of thioether (sulfide) groups is 2. The maximum atomic E-state index is 13.2. The number of hydrogen-bond donors (Lipinski definition) is 0. The van der Waals surface area contributed by atoms with E-state index in [0.717, 1.165) is 57.2 Å². The second-order valence-electron chi connectivity index (χ2n) is 7.62. The topological polar surface area (TPSA) is 39.1 Å². The molecule has 0 radical (unpaired) electrons. The van der Waals surface area contributed by atoms with Crippen molar-refractivity contribution in [2.75, 3.05) is 49.3 Å². The van der Waals surface area contributed by atoms with E-state index in [-0.39, 0.29) is 11.9 Å². The van der Waals surface area contributed by atoms with Crippen LogP contribution < -0.4 is 4.90 Å². The maximum Gasteiger partial charge on any atom is 0.253 e. The highest BCUT2D eigenvalue weighted by molar-refractivity contribution is 8.23. The van der Waals surface area contributed by atoms with E-state index in [2.05, 4.69) is 45.5 Å². The molecule has 0 aliphatic carbocycles. The van der Waals surface area contributed by atoms with E-state index in [1.807, 2.05) is 31.9 Å². The van der Waals surface area contributed by atoms with E-state index >= 15 is 0 Å². The Morgan fingerprint density at radius 3 is 2.61 bits per heavy atom. The van der Waals surface area contributed by atoms with Gasteiger partial charge in [-0.2, -0.15) is 16.9 Å². The number of amides is 1. The van der Waals surface area contributed by atoms with Crippen LogP contribution in [0.3, 0.4) is 0 Å². The number of anilines is 1. The summed E-state index contributed by atoms with van der Waals surface area (Å²) >= 11 is 10.7. The van der Waals surface area contributed by atoms with Gasteiger partial charge in [0.25, 0.3) is 5.91 Å². The van der Waals surface area contributed by atoms with Gasteiger partial charge in [0.15, 0.2) is 0 Å². The monoisotopic (exact) mass is 490 g/mol. The standard InChI is InChI=1S/C22H26N4OS4/c1-24(2)17-7-5-16(6-8-17)19-14-18(20-4-3-11-30-20)23-26(19)21(27)15-31-22(28)25-9-12-29-13-10-25/h3-8,11,19H,9-10,12-15H2,1-2H3/t19-/m1/s1. The molecule has 1 saturated heterocycles. The third-order valence-corrected chi connectivity index (χ3v) is 8.72. The summed E-state index contributed by atoms with van der Waals surface area (Å²) in [7, 11) is 4.05. The Kier molecular flexibility index (Phi) is 7.58. The first-order valence-electron chi connectivity index (χ1n) is 10.2. The summed E-state index contributed by atoms with van der Waals surface area (Å²) < 4.78 is 0.821. The van der Waals surface area contributed by atoms with Crippen LogP contribution in [-0.4, -0.2) is 70.3 Å². The zero-order valence-electron chi connectivity index (χ0n) is 17.7. The minimum atomic E-state index is -0.0821. The summed E-state index contributed by atoms with van der Waals surface area (Å²) in [4.78, 5) is 18.6. The number of hydrogen-bond acceptors (Lipinski definition) is 7. The van der Waals surface area contributed by atoms with Gasteiger partial charge in [-0.3, -0.25) is 4.79 Å². The highest BCUT2D eigenvalue weighted by Gasteiger charge is 2.33. The van der Waals surface area contributed by atoms with Crippen LogP contribution in [0.25, 0.3) is 0 Å². The van der Waals surface area contributed by atoms with Crippen molar-refractivity contribution < 1.29 is 4.79 Å². The molecule has 0 spiro atoms. The molecule has 0 bridgehead atoms. The first-order valence-corrected chi connectivity index (χ1v) is 13.7. The summed E-state index contributed by atoms with van der Waals surface area (Å²) in [5, 5.41) is 8.50. The fraction of sp³-hybridized carbons (Fsp3) is 0.409. The molecule has 2 aliphatic heterocycles. The fourth-order valence-electron chi connectivity index (χ4n) is 3.61. The van der Waals surface area contributed by atoms with Crippen molar-refractivity contribution >= 4 is 68.7 Å². The number of thiocarbonyl (C=S) groups is 1. The molecule has 2 aliphatic rings. The first-order chi connectivity index (χ1) is 15.0. The highest BCUT2D eigenvalue weighted by atomic mass is 32.2. The SMILES string of the molecule is CN(C)c1ccc([C@H]2CC(c3cccs3)=NN2C(=O)CSC(=S)N2CCSCC2)cc1. The van der Waals surface area contributed by atoms with Crippen LogP contribution in [0.15, 0.2) is 46.9 Å². The maximum absolute atomic E-state index is 13.2. The average molecular weight is 491 g/mol. The second-order valence-corrected chi connectivity index (χ2v) is 11.4. The molecule has 0 saturated carbocycles. The first kappa shape index (κ1) is 22.6. The van der Waals surface area contributed by atoms with Gasteiger partial charge in [-0.15, -0.1) is 11.3 Å². The molecular formula is C22H26N4OS4. The molecule has 1 amide bonds. The largest absolute Gasteiger partial charge is 0.378 e. The number of nitrogens with zero attached hydrogens (tertiary/aromatic N) is 4. The number of carbonyl (C=O) groups is 1. The molecule has 31 heavy (non-hydrogen) atoms. The summed E-state index contributed by atoms with van der Waals surface area (Å²) in [5.41, 5.74) is 3.22. The van der Waals surface area contributed by atoms with Crippen molar-refractivity contribution in [2.24, 2.45) is 5.10 Å². The Hall–Kier alpha value is -1.55. The number of thiophene rings is 1. The van der Waals surface area contributed by atoms with Crippen LogP contribution in [0, 0.1) is 0 Å². The third-order valence-electron chi connectivity index (χ3n) is 5.35. The lowest BCUT2D eigenvalue weighted by molar-refractivity contribution is -0.130. The van der Waals surface area contributed by atoms with Crippen molar-refractivity contribution in [3.63, 3.8) is 0 Å². The zero-order chi connectivity index (χ0) is 21.8. The predicted molar refractivity (Wildman–Crippen MR) is 140 cm³/mol. The molecule has 5 nitrogen and oxygen atoms in total. The molecule has 3 heterocycles. The van der Waals surface area contributed by atoms with Gasteiger partial charge in [-0.25, -0.2) is 5.01 Å². The Balaban J connectivity index is 1.49. The second kappa shape index (κ2) is 10.4. The summed E-state index contributed by atoms with van der Waals surface area (Å²) in [5.74, 6) is 2.52. The lowest BCUT2D eigenvalue weighted by Gasteiger charge is -2.28. The van der Waals surface area contributed by atoms with Gasteiger partial charge in [-0.1, -0.05) is 42.2 Å². The fourth-order valence-corrected chi connectivity index (χ4v) is 6.34. The Morgan fingerprint density at radius 1 is 1.23 bits per heavy atom. The van der Waals surface area contributed by atoms with Crippen molar-refractivity contribution in [1.29, 1.82) is 0 Å². The quantitative estimate of drug-likeness (QED) is 0.572. The smallest absolute Gasteiger partial charge is 0.253 e. The van der Waals surface area contributed by atoms with E-state index in [0.29, 0.717) is 5.75 Å². The number of rotatable bonds is 5. The zero-order valence-corrected chi connectivity index (χ0v) is 21.0. The third kappa shape index (κ3) is 5.45. The van der Waals surface area contributed by atoms with Crippen LogP contribution in [0.2, 0.25) is 0 Å². The molecule has 2 aromatic rings. The molecule has 164 valence electrons. The van der Waals surface area contributed by atoms with Gasteiger partial charge in [-0.05, 0) is 29.1 Å². The van der Waals surface area contributed by atoms with E-state index < -0.39 is 0 Å². The van der Waals surface area contributed by atoms with E-state index in [4.69, 9.17) is 17.3 Å². The van der Waals surface area contributed by atoms with Gasteiger partial charge in [0.05, 0.1) is 22.4 Å². The Morgan fingerprint density at radius 2 is 1.97 bits per heavy atom. The molecule has 0 unspecified atom stereocenters. The van der Waals surface area contributed by atoms with Gasteiger partial charge < -0.3 is 9.80 Å². The summed E-state index contributed by atoms with van der Waals surface area (Å²) in [6.07, 6.45) is 0.728. The van der Waals surface area contributed by atoms with E-state index in [1.54, 1.807) is 16.3 Å². The van der Waals surface area contributed by atoms with Crippen LogP contribution in [0.5, 0.6) is 0 Å². The Bertz CT molecular complexity index is 937. The van der Waals surface area contributed by atoms with Gasteiger partial charge >= 0.3 is 0 Å². The highest BCUT2D eigenvalue weighted by Crippen LogP contribution is 2.35. The minimum Gasteiger partial charge on any atom is -0.378 e. The molecule has 1 aromatic carbocycles. The van der Waals surface area contributed by atoms with Crippen LogP contribution in [0.1, 0.15) is 22.9 Å². The van der Waals surface area contributed by atoms with E-state index in [9.17, 15) is 4.79 Å². The molecule has 1 atom stereocenters. The number of benzene rings is 1. The van der Waals surface area contributed by atoms with Crippen molar-refractivity contribution in [2.45, 2.75) is 12.5 Å². The lowest BCUT2D eigenvalue weighted by atomic mass is 10.0. The van der Waals surface area contributed by atoms with E-state index in [1.165, 1.54) is 11.8 Å². The normalized spacial score (nSPS) is 18.8. The lowest BCUT2D eigenvalue weighted by Crippen LogP contribution is -2.36. The van der Waals surface area contributed by atoms with Crippen LogP contribution in [-0.2, 0) is 4.79 Å². The minimum absolute atomic E-state index is 0.00646. The van der Waals surface area contributed by atoms with Gasteiger partial charge in [0.2, 0.25) is 0 Å².